The van der Waals surface area contributed by atoms with Gasteiger partial charge in [-0.25, -0.2) is 19.7 Å². The van der Waals surface area contributed by atoms with Crippen molar-refractivity contribution >= 4 is 23.0 Å². The number of carbonyl (C=O) groups is 1. The molecule has 0 radical (unpaired) electrons. The van der Waals surface area contributed by atoms with E-state index in [9.17, 15) is 9.90 Å². The highest BCUT2D eigenvalue weighted by Gasteiger charge is 2.24. The van der Waals surface area contributed by atoms with Gasteiger partial charge < -0.3 is 15.4 Å². The molecule has 2 rings (SSSR count). The number of aromatic amines is 1. The van der Waals surface area contributed by atoms with Gasteiger partial charge >= 0.3 is 5.97 Å². The van der Waals surface area contributed by atoms with Crippen LogP contribution in [0.4, 0.5) is 5.82 Å². The van der Waals surface area contributed by atoms with Gasteiger partial charge in [0.1, 0.15) is 17.9 Å². The number of nitrogens with one attached hydrogen (secondary N) is 2. The molecule has 2 aromatic rings. The molecule has 0 amide bonds. The van der Waals surface area contributed by atoms with Crippen molar-refractivity contribution in [1.82, 2.24) is 19.9 Å². The van der Waals surface area contributed by atoms with Crippen molar-refractivity contribution in [2.75, 3.05) is 5.32 Å². The Morgan fingerprint density at radius 1 is 1.50 bits per heavy atom. The molecule has 2 atom stereocenters. The normalized spacial score (nSPS) is 14.3. The van der Waals surface area contributed by atoms with Crippen molar-refractivity contribution in [3.05, 3.63) is 12.7 Å². The summed E-state index contributed by atoms with van der Waals surface area (Å²) in [6.45, 7) is 3.84. The number of H-pyrrole nitrogens is 1. The number of hydrogen-bond donors (Lipinski definition) is 3. The van der Waals surface area contributed by atoms with Gasteiger partial charge in [0.05, 0.1) is 6.33 Å². The molecule has 2 aromatic heterocycles. The van der Waals surface area contributed by atoms with E-state index < -0.39 is 12.0 Å². The molecule has 0 spiro atoms. The van der Waals surface area contributed by atoms with Crippen LogP contribution in [0.25, 0.3) is 11.2 Å². The predicted octanol–water partition coefficient (Wildman–Crippen LogP) is 1.26. The van der Waals surface area contributed by atoms with Crippen LogP contribution in [0.5, 0.6) is 0 Å². The summed E-state index contributed by atoms with van der Waals surface area (Å²) >= 11 is 0. The minimum Gasteiger partial charge on any atom is -0.480 e. The van der Waals surface area contributed by atoms with Gasteiger partial charge in [-0.2, -0.15) is 0 Å². The van der Waals surface area contributed by atoms with E-state index in [4.69, 9.17) is 0 Å². The molecule has 7 heteroatoms. The summed E-state index contributed by atoms with van der Waals surface area (Å²) in [7, 11) is 0. The lowest BCUT2D eigenvalue weighted by Gasteiger charge is -2.20. The fourth-order valence-electron chi connectivity index (χ4n) is 1.70. The van der Waals surface area contributed by atoms with Gasteiger partial charge in [-0.3, -0.25) is 0 Å². The van der Waals surface area contributed by atoms with Gasteiger partial charge in [0, 0.05) is 0 Å². The van der Waals surface area contributed by atoms with Gasteiger partial charge in [0.25, 0.3) is 0 Å². The summed E-state index contributed by atoms with van der Waals surface area (Å²) in [4.78, 5) is 26.2. The average Bonchev–Trinajstić information content (AvgIpc) is 2.83. The van der Waals surface area contributed by atoms with Crippen molar-refractivity contribution in [3.63, 3.8) is 0 Å². The Labute approximate surface area is 104 Å². The smallest absolute Gasteiger partial charge is 0.326 e. The van der Waals surface area contributed by atoms with Gasteiger partial charge in [0.2, 0.25) is 0 Å². The van der Waals surface area contributed by atoms with E-state index in [-0.39, 0.29) is 5.92 Å². The van der Waals surface area contributed by atoms with Gasteiger partial charge in [-0.1, -0.05) is 20.3 Å². The molecule has 3 N–H and O–H groups in total. The molecule has 96 valence electrons. The van der Waals surface area contributed by atoms with E-state index in [0.717, 1.165) is 6.42 Å². The van der Waals surface area contributed by atoms with Gasteiger partial charge in [-0.05, 0) is 5.92 Å². The molecular weight excluding hydrogens is 234 g/mol. The van der Waals surface area contributed by atoms with Crippen molar-refractivity contribution in [1.29, 1.82) is 0 Å². The Hall–Kier alpha value is -2.18. The van der Waals surface area contributed by atoms with E-state index in [1.807, 2.05) is 13.8 Å². The van der Waals surface area contributed by atoms with Gasteiger partial charge in [0.15, 0.2) is 11.5 Å². The largest absolute Gasteiger partial charge is 0.480 e. The molecule has 0 bridgehead atoms. The quantitative estimate of drug-likeness (QED) is 0.737. The minimum absolute atomic E-state index is 0.00423. The minimum atomic E-state index is -0.893. The lowest BCUT2D eigenvalue weighted by molar-refractivity contribution is -0.139. The second-order valence-corrected chi connectivity index (χ2v) is 4.17. The third-order valence-electron chi connectivity index (χ3n) is 2.99. The summed E-state index contributed by atoms with van der Waals surface area (Å²) < 4.78 is 0. The molecule has 0 unspecified atom stereocenters. The zero-order valence-electron chi connectivity index (χ0n) is 10.2. The fourth-order valence-corrected chi connectivity index (χ4v) is 1.70. The van der Waals surface area contributed by atoms with Crippen molar-refractivity contribution < 1.29 is 9.90 Å². The third-order valence-corrected chi connectivity index (χ3v) is 2.99. The number of aromatic nitrogens is 4. The summed E-state index contributed by atoms with van der Waals surface area (Å²) in [6.07, 6.45) is 3.63. The number of carboxylic acids is 1. The number of nitrogens with zero attached hydrogens (tertiary/aromatic N) is 3. The van der Waals surface area contributed by atoms with Crippen LogP contribution in [0.3, 0.4) is 0 Å². The number of aliphatic carboxylic acids is 1. The molecule has 7 nitrogen and oxygen atoms in total. The molecule has 0 aliphatic rings. The first kappa shape index (κ1) is 12.3. The fraction of sp³-hybridized carbons (Fsp3) is 0.455. The number of fused-ring (bicyclic) bond motifs is 1. The Balaban J connectivity index is 2.31. The molecule has 0 fully saturated rings. The molecular formula is C11H15N5O2. The van der Waals surface area contributed by atoms with Crippen LogP contribution in [0.2, 0.25) is 0 Å². The Morgan fingerprint density at radius 2 is 2.28 bits per heavy atom. The zero-order valence-corrected chi connectivity index (χ0v) is 10.2. The molecule has 0 saturated carbocycles. The molecule has 0 aliphatic carbocycles. The number of rotatable bonds is 5. The van der Waals surface area contributed by atoms with Gasteiger partial charge in [-0.15, -0.1) is 0 Å². The van der Waals surface area contributed by atoms with E-state index in [1.54, 1.807) is 0 Å². The highest BCUT2D eigenvalue weighted by Crippen LogP contribution is 2.19. The zero-order chi connectivity index (χ0) is 13.1. The maximum atomic E-state index is 11.2. The van der Waals surface area contributed by atoms with Crippen molar-refractivity contribution in [2.45, 2.75) is 26.3 Å². The second kappa shape index (κ2) is 4.99. The summed E-state index contributed by atoms with van der Waals surface area (Å²) in [5.41, 5.74) is 1.13. The first-order chi connectivity index (χ1) is 8.63. The van der Waals surface area contributed by atoms with Crippen LogP contribution in [0.1, 0.15) is 20.3 Å². The second-order valence-electron chi connectivity index (χ2n) is 4.17. The lowest BCUT2D eigenvalue weighted by Crippen LogP contribution is -2.35. The number of anilines is 1. The summed E-state index contributed by atoms with van der Waals surface area (Å²) in [5.74, 6) is -0.434. The maximum Gasteiger partial charge on any atom is 0.326 e. The predicted molar refractivity (Wildman–Crippen MR) is 66.2 cm³/mol. The Morgan fingerprint density at radius 3 is 2.94 bits per heavy atom. The van der Waals surface area contributed by atoms with Crippen LogP contribution in [-0.4, -0.2) is 37.1 Å². The lowest BCUT2D eigenvalue weighted by atomic mass is 9.99. The Bertz CT molecular complexity index is 553. The number of hydrogen-bond acceptors (Lipinski definition) is 5. The first-order valence-corrected chi connectivity index (χ1v) is 5.77. The maximum absolute atomic E-state index is 11.2. The van der Waals surface area contributed by atoms with E-state index in [0.29, 0.717) is 17.0 Å². The van der Waals surface area contributed by atoms with Crippen LogP contribution < -0.4 is 5.32 Å². The third kappa shape index (κ3) is 2.24. The van der Waals surface area contributed by atoms with Crippen LogP contribution >= 0.6 is 0 Å². The summed E-state index contributed by atoms with van der Waals surface area (Å²) in [5, 5.41) is 12.2. The number of carboxylic acid groups (broad SMARTS) is 1. The monoisotopic (exact) mass is 249 g/mol. The van der Waals surface area contributed by atoms with E-state index in [1.165, 1.54) is 12.7 Å². The van der Waals surface area contributed by atoms with Crippen molar-refractivity contribution in [3.8, 4) is 0 Å². The molecule has 0 aromatic carbocycles. The topological polar surface area (TPSA) is 104 Å². The highest BCUT2D eigenvalue weighted by molar-refractivity contribution is 5.85. The highest BCUT2D eigenvalue weighted by atomic mass is 16.4. The number of imidazole rings is 1. The van der Waals surface area contributed by atoms with Crippen LogP contribution in [-0.2, 0) is 4.79 Å². The van der Waals surface area contributed by atoms with Crippen molar-refractivity contribution in [2.24, 2.45) is 5.92 Å². The Kier molecular flexibility index (Phi) is 3.40. The molecule has 0 aliphatic heterocycles. The van der Waals surface area contributed by atoms with E-state index in [2.05, 4.69) is 25.3 Å². The molecule has 0 saturated heterocycles. The standard InChI is InChI=1S/C11H15N5O2/c1-3-6(2)7(11(17)18)16-10-8-9(13-4-12-8)14-5-15-10/h4-7H,3H2,1-2H3,(H,17,18)(H2,12,13,14,15,16)/t6-,7-/m0/s1. The molecule has 18 heavy (non-hydrogen) atoms. The summed E-state index contributed by atoms with van der Waals surface area (Å²) in [6, 6.07) is -0.684. The SMILES string of the molecule is CC[C@H](C)[C@H](Nc1ncnc2nc[nH]c12)C(=O)O. The van der Waals surface area contributed by atoms with E-state index >= 15 is 0 Å². The molecule has 2 heterocycles. The van der Waals surface area contributed by atoms with Crippen LogP contribution in [0, 0.1) is 5.92 Å². The average molecular weight is 249 g/mol. The van der Waals surface area contributed by atoms with Crippen LogP contribution in [0.15, 0.2) is 12.7 Å². The first-order valence-electron chi connectivity index (χ1n) is 5.77.